The minimum absolute atomic E-state index is 0.0161. The molecule has 0 rings (SSSR count). The molecule has 0 bridgehead atoms. The van der Waals surface area contributed by atoms with E-state index in [1.54, 1.807) is 6.08 Å². The summed E-state index contributed by atoms with van der Waals surface area (Å²) in [5.41, 5.74) is 0. The molecule has 3 N–H and O–H groups in total. The van der Waals surface area contributed by atoms with Gasteiger partial charge in [0, 0.05) is 12.8 Å². The number of nitrogens with one attached hydrogen (secondary N) is 1. The number of carbonyl (C=O) groups is 2. The number of aliphatic hydroxyl groups excluding tert-OH is 2. The number of esters is 1. The highest BCUT2D eigenvalue weighted by molar-refractivity contribution is 5.76. The Labute approximate surface area is 469 Å². The van der Waals surface area contributed by atoms with Crippen LogP contribution in [0.5, 0.6) is 0 Å². The van der Waals surface area contributed by atoms with Crippen molar-refractivity contribution in [2.45, 2.75) is 392 Å². The number of hydrogen-bond acceptors (Lipinski definition) is 5. The van der Waals surface area contributed by atoms with E-state index in [9.17, 15) is 19.8 Å². The molecule has 0 fully saturated rings. The van der Waals surface area contributed by atoms with Gasteiger partial charge in [-0.15, -0.1) is 0 Å². The van der Waals surface area contributed by atoms with Crippen LogP contribution in [0.15, 0.2) is 24.3 Å². The second-order valence-electron chi connectivity index (χ2n) is 23.5. The van der Waals surface area contributed by atoms with E-state index >= 15 is 0 Å². The molecule has 0 aromatic carbocycles. The number of allylic oxidation sites excluding steroid dienone is 3. The lowest BCUT2D eigenvalue weighted by molar-refractivity contribution is -0.143. The summed E-state index contributed by atoms with van der Waals surface area (Å²) >= 11 is 0. The SMILES string of the molecule is CCCCCCCC/C=C\CCCCCCCCCCCC(=O)OCCCCCCCCCCCCCCCCCCCCCCCCCCCC(=O)NC(CO)C(O)/C=C/CCCCCCCCCCCCCC. The van der Waals surface area contributed by atoms with E-state index < -0.39 is 12.1 Å². The third-order valence-corrected chi connectivity index (χ3v) is 16.0. The lowest BCUT2D eigenvalue weighted by Gasteiger charge is -2.20. The Kier molecular flexibility index (Phi) is 63.4. The van der Waals surface area contributed by atoms with Crippen LogP contribution in [0, 0.1) is 0 Å². The third kappa shape index (κ3) is 61.4. The van der Waals surface area contributed by atoms with Gasteiger partial charge in [-0.1, -0.05) is 334 Å². The van der Waals surface area contributed by atoms with Gasteiger partial charge in [0.05, 0.1) is 25.4 Å². The molecule has 0 saturated carbocycles. The number of ether oxygens (including phenoxy) is 1. The predicted molar refractivity (Wildman–Crippen MR) is 329 cm³/mol. The molecule has 6 heteroatoms. The van der Waals surface area contributed by atoms with Crippen molar-refractivity contribution in [2.75, 3.05) is 13.2 Å². The summed E-state index contributed by atoms with van der Waals surface area (Å²) in [6.07, 6.45) is 81.0. The molecular formula is C69H133NO5. The first-order chi connectivity index (χ1) is 37.0. The smallest absolute Gasteiger partial charge is 0.305 e. The van der Waals surface area contributed by atoms with Gasteiger partial charge < -0.3 is 20.3 Å². The first kappa shape index (κ1) is 73.3. The first-order valence-electron chi connectivity index (χ1n) is 34.1. The first-order valence-corrected chi connectivity index (χ1v) is 34.1. The van der Waals surface area contributed by atoms with Crippen LogP contribution in [0.4, 0.5) is 0 Å². The molecule has 0 aliphatic rings. The quantitative estimate of drug-likeness (QED) is 0.0320. The summed E-state index contributed by atoms with van der Waals surface area (Å²) in [6, 6.07) is -0.626. The molecular weight excluding hydrogens is 923 g/mol. The van der Waals surface area contributed by atoms with Crippen molar-refractivity contribution in [1.29, 1.82) is 0 Å². The van der Waals surface area contributed by atoms with E-state index in [0.29, 0.717) is 19.4 Å². The van der Waals surface area contributed by atoms with Gasteiger partial charge in [-0.25, -0.2) is 0 Å². The van der Waals surface area contributed by atoms with Crippen LogP contribution in [-0.4, -0.2) is 47.4 Å². The maximum Gasteiger partial charge on any atom is 0.305 e. The summed E-state index contributed by atoms with van der Waals surface area (Å²) in [7, 11) is 0. The Hall–Kier alpha value is -1.66. The second kappa shape index (κ2) is 64.9. The zero-order chi connectivity index (χ0) is 54.3. The third-order valence-electron chi connectivity index (χ3n) is 16.0. The molecule has 0 radical (unpaired) electrons. The molecule has 75 heavy (non-hydrogen) atoms. The van der Waals surface area contributed by atoms with Gasteiger partial charge in [-0.3, -0.25) is 9.59 Å². The number of amides is 1. The summed E-state index contributed by atoms with van der Waals surface area (Å²) in [6.45, 7) is 4.93. The maximum atomic E-state index is 12.5. The molecule has 444 valence electrons. The van der Waals surface area contributed by atoms with E-state index in [1.807, 2.05) is 6.08 Å². The fourth-order valence-corrected chi connectivity index (χ4v) is 10.7. The fraction of sp³-hybridized carbons (Fsp3) is 0.913. The summed E-state index contributed by atoms with van der Waals surface area (Å²) in [5.74, 6) is -0.0482. The highest BCUT2D eigenvalue weighted by atomic mass is 16.5. The Bertz CT molecular complexity index is 1170. The molecule has 1 amide bonds. The van der Waals surface area contributed by atoms with Gasteiger partial charge in [-0.2, -0.15) is 0 Å². The number of unbranched alkanes of at least 4 members (excludes halogenated alkanes) is 51. The van der Waals surface area contributed by atoms with Gasteiger partial charge in [0.25, 0.3) is 0 Å². The van der Waals surface area contributed by atoms with Crippen LogP contribution in [0.1, 0.15) is 380 Å². The van der Waals surface area contributed by atoms with Crippen molar-refractivity contribution in [1.82, 2.24) is 5.32 Å². The molecule has 0 aromatic heterocycles. The van der Waals surface area contributed by atoms with Gasteiger partial charge in [0.1, 0.15) is 0 Å². The zero-order valence-corrected chi connectivity index (χ0v) is 50.8. The molecule has 0 aliphatic carbocycles. The van der Waals surface area contributed by atoms with E-state index in [-0.39, 0.29) is 18.5 Å². The van der Waals surface area contributed by atoms with E-state index in [1.165, 1.54) is 315 Å². The molecule has 0 heterocycles. The van der Waals surface area contributed by atoms with Gasteiger partial charge in [0.15, 0.2) is 0 Å². The Balaban J connectivity index is 3.35. The number of hydrogen-bond donors (Lipinski definition) is 3. The molecule has 0 saturated heterocycles. The topological polar surface area (TPSA) is 95.9 Å². The Morgan fingerprint density at radius 3 is 0.947 bits per heavy atom. The number of aliphatic hydroxyl groups is 2. The van der Waals surface area contributed by atoms with Crippen molar-refractivity contribution >= 4 is 11.9 Å². The average molecular weight is 1060 g/mol. The minimum atomic E-state index is -0.842. The fourth-order valence-electron chi connectivity index (χ4n) is 10.7. The normalized spacial score (nSPS) is 12.6. The summed E-state index contributed by atoms with van der Waals surface area (Å²) in [4.78, 5) is 24.6. The van der Waals surface area contributed by atoms with Crippen LogP contribution in [0.2, 0.25) is 0 Å². The van der Waals surface area contributed by atoms with Crippen LogP contribution in [0.25, 0.3) is 0 Å². The van der Waals surface area contributed by atoms with Crippen molar-refractivity contribution in [3.05, 3.63) is 24.3 Å². The van der Waals surface area contributed by atoms with Crippen LogP contribution in [-0.2, 0) is 14.3 Å². The van der Waals surface area contributed by atoms with Crippen molar-refractivity contribution < 1.29 is 24.5 Å². The minimum Gasteiger partial charge on any atom is -0.466 e. The number of rotatable bonds is 64. The van der Waals surface area contributed by atoms with Gasteiger partial charge in [-0.05, 0) is 57.8 Å². The standard InChI is InChI=1S/C69H133NO5/c1-3-5-7-9-11-13-15-17-19-20-28-32-35-39-43-47-51-55-59-63-69(74)75-64-60-56-52-48-44-40-36-33-30-27-25-23-21-22-24-26-29-31-34-38-42-46-50-54-58-62-68(73)70-66(65-71)67(72)61-57-53-49-45-41-37-18-16-14-12-10-8-6-4-2/h17,19,57,61,66-67,71-72H,3-16,18,20-56,58-60,62-65H2,1-2H3,(H,70,73)/b19-17-,61-57+. The number of carbonyl (C=O) groups excluding carboxylic acids is 2. The van der Waals surface area contributed by atoms with Gasteiger partial charge >= 0.3 is 5.97 Å². The summed E-state index contributed by atoms with van der Waals surface area (Å²) < 4.78 is 5.51. The van der Waals surface area contributed by atoms with Crippen molar-refractivity contribution in [3.8, 4) is 0 Å². The molecule has 0 aromatic rings. The lowest BCUT2D eigenvalue weighted by atomic mass is 10.0. The zero-order valence-electron chi connectivity index (χ0n) is 50.8. The second-order valence-corrected chi connectivity index (χ2v) is 23.5. The Morgan fingerprint density at radius 1 is 0.360 bits per heavy atom. The van der Waals surface area contributed by atoms with E-state index in [2.05, 4.69) is 31.3 Å². The van der Waals surface area contributed by atoms with E-state index in [4.69, 9.17) is 4.74 Å². The molecule has 0 aliphatic heterocycles. The summed E-state index contributed by atoms with van der Waals surface area (Å²) in [5, 5.41) is 23.1. The van der Waals surface area contributed by atoms with Crippen molar-refractivity contribution in [3.63, 3.8) is 0 Å². The highest BCUT2D eigenvalue weighted by Gasteiger charge is 2.18. The monoisotopic (exact) mass is 1060 g/mol. The lowest BCUT2D eigenvalue weighted by Crippen LogP contribution is -2.45. The van der Waals surface area contributed by atoms with Crippen molar-refractivity contribution in [2.24, 2.45) is 0 Å². The molecule has 2 unspecified atom stereocenters. The Morgan fingerprint density at radius 2 is 0.627 bits per heavy atom. The molecule has 6 nitrogen and oxygen atoms in total. The van der Waals surface area contributed by atoms with Gasteiger partial charge in [0.2, 0.25) is 5.91 Å². The van der Waals surface area contributed by atoms with Crippen LogP contribution >= 0.6 is 0 Å². The predicted octanol–water partition coefficient (Wildman–Crippen LogP) is 21.8. The molecule has 0 spiro atoms. The maximum absolute atomic E-state index is 12.5. The molecule has 2 atom stereocenters. The van der Waals surface area contributed by atoms with E-state index in [0.717, 1.165) is 38.5 Å². The van der Waals surface area contributed by atoms with Crippen LogP contribution < -0.4 is 5.32 Å². The average Bonchev–Trinajstić information content (AvgIpc) is 3.41. The largest absolute Gasteiger partial charge is 0.466 e. The highest BCUT2D eigenvalue weighted by Crippen LogP contribution is 2.18. The van der Waals surface area contributed by atoms with Crippen LogP contribution in [0.3, 0.4) is 0 Å².